The molecule has 82 valence electrons. The van der Waals surface area contributed by atoms with Gasteiger partial charge in [-0.2, -0.15) is 11.8 Å². The standard InChI is InChI=1S/C11H20OS2/c1-8-7-9(2)14-11(12)6-4-3-5-10(11)13-8/h8-10,12H,3-7H2,1-2H3. The molecule has 0 aromatic carbocycles. The molecule has 1 heterocycles. The summed E-state index contributed by atoms with van der Waals surface area (Å²) in [4.78, 5) is -0.410. The molecule has 4 atom stereocenters. The fourth-order valence-corrected chi connectivity index (χ4v) is 6.27. The zero-order valence-electron chi connectivity index (χ0n) is 9.03. The highest BCUT2D eigenvalue weighted by atomic mass is 32.2. The van der Waals surface area contributed by atoms with Crippen LogP contribution >= 0.6 is 23.5 Å². The third-order valence-electron chi connectivity index (χ3n) is 3.22. The van der Waals surface area contributed by atoms with E-state index >= 15 is 0 Å². The third-order valence-corrected chi connectivity index (χ3v) is 6.47. The minimum Gasteiger partial charge on any atom is -0.378 e. The first kappa shape index (κ1) is 11.2. The van der Waals surface area contributed by atoms with E-state index in [-0.39, 0.29) is 0 Å². The Hall–Kier alpha value is 0.660. The van der Waals surface area contributed by atoms with Gasteiger partial charge in [-0.1, -0.05) is 20.3 Å². The molecule has 2 fully saturated rings. The normalized spacial score (nSPS) is 49.5. The summed E-state index contributed by atoms with van der Waals surface area (Å²) in [5.41, 5.74) is 0. The fraction of sp³-hybridized carbons (Fsp3) is 1.00. The van der Waals surface area contributed by atoms with E-state index < -0.39 is 4.93 Å². The van der Waals surface area contributed by atoms with Crippen molar-refractivity contribution in [3.05, 3.63) is 0 Å². The Bertz CT molecular complexity index is 209. The molecular formula is C11H20OS2. The van der Waals surface area contributed by atoms with Gasteiger partial charge in [-0.15, -0.1) is 11.8 Å². The largest absolute Gasteiger partial charge is 0.378 e. The summed E-state index contributed by atoms with van der Waals surface area (Å²) in [6.07, 6.45) is 5.98. The first-order valence-electron chi connectivity index (χ1n) is 5.66. The Morgan fingerprint density at radius 2 is 2.00 bits per heavy atom. The summed E-state index contributed by atoms with van der Waals surface area (Å²) in [6.45, 7) is 4.57. The number of thioether (sulfide) groups is 2. The number of fused-ring (bicyclic) bond motifs is 1. The van der Waals surface area contributed by atoms with Crippen LogP contribution in [0.4, 0.5) is 0 Å². The molecule has 0 radical (unpaired) electrons. The van der Waals surface area contributed by atoms with Crippen LogP contribution in [0.5, 0.6) is 0 Å². The van der Waals surface area contributed by atoms with Gasteiger partial charge >= 0.3 is 0 Å². The van der Waals surface area contributed by atoms with Crippen LogP contribution in [0, 0.1) is 0 Å². The van der Waals surface area contributed by atoms with Gasteiger partial charge in [0, 0.05) is 15.7 Å². The zero-order valence-corrected chi connectivity index (χ0v) is 10.7. The molecular weight excluding hydrogens is 212 g/mol. The minimum absolute atomic E-state index is 0.410. The van der Waals surface area contributed by atoms with E-state index in [4.69, 9.17) is 0 Å². The molecule has 1 nitrogen and oxygen atoms in total. The van der Waals surface area contributed by atoms with Gasteiger partial charge in [0.05, 0.1) is 0 Å². The summed E-state index contributed by atoms with van der Waals surface area (Å²) in [5, 5.41) is 12.4. The molecule has 1 aliphatic heterocycles. The van der Waals surface area contributed by atoms with E-state index in [2.05, 4.69) is 13.8 Å². The quantitative estimate of drug-likeness (QED) is 0.692. The monoisotopic (exact) mass is 232 g/mol. The fourth-order valence-electron chi connectivity index (χ4n) is 2.60. The van der Waals surface area contributed by atoms with Crippen molar-refractivity contribution < 1.29 is 5.11 Å². The topological polar surface area (TPSA) is 20.2 Å². The second kappa shape index (κ2) is 4.26. The maximum atomic E-state index is 10.6. The van der Waals surface area contributed by atoms with Gasteiger partial charge in [-0.3, -0.25) is 0 Å². The first-order valence-corrected chi connectivity index (χ1v) is 7.48. The Labute approximate surface area is 95.4 Å². The van der Waals surface area contributed by atoms with Crippen LogP contribution in [0.1, 0.15) is 46.0 Å². The van der Waals surface area contributed by atoms with Crippen molar-refractivity contribution in [1.82, 2.24) is 0 Å². The first-order chi connectivity index (χ1) is 6.60. The van der Waals surface area contributed by atoms with Crippen LogP contribution in [0.25, 0.3) is 0 Å². The molecule has 0 spiro atoms. The van der Waals surface area contributed by atoms with Crippen molar-refractivity contribution >= 4 is 23.5 Å². The zero-order chi connectivity index (χ0) is 10.2. The van der Waals surface area contributed by atoms with Gasteiger partial charge in [0.25, 0.3) is 0 Å². The molecule has 14 heavy (non-hydrogen) atoms. The van der Waals surface area contributed by atoms with Crippen molar-refractivity contribution in [3.8, 4) is 0 Å². The van der Waals surface area contributed by atoms with Crippen molar-refractivity contribution in [2.24, 2.45) is 0 Å². The molecule has 1 saturated carbocycles. The summed E-state index contributed by atoms with van der Waals surface area (Å²) >= 11 is 3.85. The highest BCUT2D eigenvalue weighted by Gasteiger charge is 2.43. The second-order valence-electron chi connectivity index (χ2n) is 4.69. The van der Waals surface area contributed by atoms with E-state index in [0.717, 1.165) is 11.7 Å². The highest BCUT2D eigenvalue weighted by Crippen LogP contribution is 2.50. The van der Waals surface area contributed by atoms with Crippen LogP contribution in [0.3, 0.4) is 0 Å². The van der Waals surface area contributed by atoms with Crippen LogP contribution in [-0.2, 0) is 0 Å². The predicted molar refractivity (Wildman–Crippen MR) is 65.9 cm³/mol. The Balaban J connectivity index is 2.13. The molecule has 0 aromatic heterocycles. The van der Waals surface area contributed by atoms with E-state index in [1.54, 1.807) is 0 Å². The smallest absolute Gasteiger partial charge is 0.122 e. The number of hydrogen-bond acceptors (Lipinski definition) is 3. The van der Waals surface area contributed by atoms with Gasteiger partial charge in [-0.05, 0) is 25.7 Å². The van der Waals surface area contributed by atoms with E-state index in [9.17, 15) is 5.11 Å². The molecule has 1 saturated heterocycles. The van der Waals surface area contributed by atoms with Crippen molar-refractivity contribution in [2.75, 3.05) is 0 Å². The number of rotatable bonds is 0. The summed E-state index contributed by atoms with van der Waals surface area (Å²) in [5.74, 6) is 0. The Kier molecular flexibility index (Phi) is 3.40. The summed E-state index contributed by atoms with van der Waals surface area (Å²) in [7, 11) is 0. The van der Waals surface area contributed by atoms with E-state index in [0.29, 0.717) is 10.5 Å². The number of aliphatic hydroxyl groups is 1. The van der Waals surface area contributed by atoms with E-state index in [1.807, 2.05) is 23.5 Å². The van der Waals surface area contributed by atoms with Gasteiger partial charge in [-0.25, -0.2) is 0 Å². The molecule has 1 N–H and O–H groups in total. The molecule has 2 aliphatic rings. The average molecular weight is 232 g/mol. The SMILES string of the molecule is CC1CC(C)SC2(O)CCCCC2S1. The molecule has 0 amide bonds. The van der Waals surface area contributed by atoms with Crippen LogP contribution in [0.2, 0.25) is 0 Å². The lowest BCUT2D eigenvalue weighted by molar-refractivity contribution is 0.101. The summed E-state index contributed by atoms with van der Waals surface area (Å²) < 4.78 is 0. The molecule has 4 unspecified atom stereocenters. The maximum Gasteiger partial charge on any atom is 0.122 e. The molecule has 3 heteroatoms. The lowest BCUT2D eigenvalue weighted by Crippen LogP contribution is -2.40. The van der Waals surface area contributed by atoms with Gasteiger partial charge in [0.15, 0.2) is 0 Å². The van der Waals surface area contributed by atoms with Gasteiger partial charge < -0.3 is 5.11 Å². The lowest BCUT2D eigenvalue weighted by Gasteiger charge is -2.38. The third kappa shape index (κ3) is 2.25. The van der Waals surface area contributed by atoms with Gasteiger partial charge in [0.1, 0.15) is 4.93 Å². The van der Waals surface area contributed by atoms with Crippen molar-refractivity contribution in [3.63, 3.8) is 0 Å². The highest BCUT2D eigenvalue weighted by molar-refractivity contribution is 8.05. The lowest BCUT2D eigenvalue weighted by atomic mass is 9.96. The van der Waals surface area contributed by atoms with Gasteiger partial charge in [0.2, 0.25) is 0 Å². The average Bonchev–Trinajstić information content (AvgIpc) is 2.18. The van der Waals surface area contributed by atoms with E-state index in [1.165, 1.54) is 25.7 Å². The predicted octanol–water partition coefficient (Wildman–Crippen LogP) is 3.26. The maximum absolute atomic E-state index is 10.6. The second-order valence-corrected chi connectivity index (χ2v) is 8.08. The minimum atomic E-state index is -0.410. The number of hydrogen-bond donors (Lipinski definition) is 1. The molecule has 1 aliphatic carbocycles. The van der Waals surface area contributed by atoms with Crippen LogP contribution < -0.4 is 0 Å². The summed E-state index contributed by atoms with van der Waals surface area (Å²) in [6, 6.07) is 0. The molecule has 0 aromatic rings. The molecule has 0 bridgehead atoms. The van der Waals surface area contributed by atoms with Crippen molar-refractivity contribution in [2.45, 2.75) is 66.6 Å². The van der Waals surface area contributed by atoms with Crippen LogP contribution in [-0.4, -0.2) is 25.8 Å². The molecule has 2 rings (SSSR count). The van der Waals surface area contributed by atoms with Crippen molar-refractivity contribution in [1.29, 1.82) is 0 Å². The van der Waals surface area contributed by atoms with Crippen LogP contribution in [0.15, 0.2) is 0 Å². The Morgan fingerprint density at radius 3 is 2.79 bits per heavy atom. The Morgan fingerprint density at radius 1 is 1.21 bits per heavy atom.